The molecule has 0 aliphatic heterocycles. The van der Waals surface area contributed by atoms with Crippen molar-refractivity contribution in [1.29, 1.82) is 0 Å². The molecule has 0 saturated heterocycles. The molecule has 4 nitrogen and oxygen atoms in total. The van der Waals surface area contributed by atoms with Crippen molar-refractivity contribution in [2.45, 2.75) is 25.4 Å². The molecule has 0 radical (unpaired) electrons. The molecule has 2 rings (SSSR count). The molecule has 4 heteroatoms. The lowest BCUT2D eigenvalue weighted by Crippen LogP contribution is -2.31. The third-order valence-electron chi connectivity index (χ3n) is 3.50. The van der Waals surface area contributed by atoms with Crippen LogP contribution in [0.1, 0.15) is 11.1 Å². The molecule has 0 spiro atoms. The number of rotatable bonds is 10. The summed E-state index contributed by atoms with van der Waals surface area (Å²) >= 11 is 0. The van der Waals surface area contributed by atoms with E-state index in [1.165, 1.54) is 0 Å². The van der Waals surface area contributed by atoms with E-state index in [0.717, 1.165) is 11.1 Å². The molecule has 0 saturated carbocycles. The van der Waals surface area contributed by atoms with Crippen LogP contribution >= 0.6 is 0 Å². The van der Waals surface area contributed by atoms with Crippen LogP contribution < -0.4 is 0 Å². The lowest BCUT2D eigenvalue weighted by atomic mass is 10.2. The Morgan fingerprint density at radius 1 is 0.875 bits per heavy atom. The molecule has 0 bridgehead atoms. The Bertz CT molecular complexity index is 583. The molecule has 0 aliphatic carbocycles. The van der Waals surface area contributed by atoms with Crippen molar-refractivity contribution in [3.63, 3.8) is 0 Å². The van der Waals surface area contributed by atoms with Gasteiger partial charge in [-0.2, -0.15) is 0 Å². The van der Waals surface area contributed by atoms with Crippen LogP contribution in [-0.2, 0) is 22.7 Å². The van der Waals surface area contributed by atoms with E-state index in [1.807, 2.05) is 60.7 Å². The largest absolute Gasteiger partial charge is 0.392 e. The van der Waals surface area contributed by atoms with Gasteiger partial charge in [0.25, 0.3) is 0 Å². The Kier molecular flexibility index (Phi) is 8.21. The number of aliphatic hydroxyl groups excluding tert-OH is 2. The van der Waals surface area contributed by atoms with Gasteiger partial charge in [-0.3, -0.25) is 0 Å². The quantitative estimate of drug-likeness (QED) is 0.659. The van der Waals surface area contributed by atoms with E-state index in [9.17, 15) is 5.11 Å². The van der Waals surface area contributed by atoms with Crippen molar-refractivity contribution in [2.24, 2.45) is 0 Å². The third-order valence-corrected chi connectivity index (χ3v) is 3.50. The number of benzene rings is 2. The van der Waals surface area contributed by atoms with E-state index in [0.29, 0.717) is 13.2 Å². The summed E-state index contributed by atoms with van der Waals surface area (Å²) in [5.41, 5.74) is 2.08. The van der Waals surface area contributed by atoms with E-state index in [1.54, 1.807) is 12.2 Å². The number of hydrogen-bond acceptors (Lipinski definition) is 4. The van der Waals surface area contributed by atoms with Crippen LogP contribution in [0, 0.1) is 0 Å². The molecule has 2 aromatic rings. The second-order valence-corrected chi connectivity index (χ2v) is 5.44. The zero-order chi connectivity index (χ0) is 17.0. The van der Waals surface area contributed by atoms with E-state index in [4.69, 9.17) is 14.6 Å². The average Bonchev–Trinajstić information content (AvgIpc) is 2.63. The topological polar surface area (TPSA) is 58.9 Å². The summed E-state index contributed by atoms with van der Waals surface area (Å²) < 4.78 is 11.3. The highest BCUT2D eigenvalue weighted by molar-refractivity contribution is 5.14. The molecule has 128 valence electrons. The van der Waals surface area contributed by atoms with Crippen LogP contribution in [0.5, 0.6) is 0 Å². The Labute approximate surface area is 143 Å². The van der Waals surface area contributed by atoms with Crippen LogP contribution in [0.15, 0.2) is 72.8 Å². The highest BCUT2D eigenvalue weighted by Crippen LogP contribution is 2.09. The molecular formula is C20H24O4. The fourth-order valence-electron chi connectivity index (χ4n) is 2.22. The molecule has 0 amide bonds. The number of aliphatic hydroxyl groups is 2. The SMILES string of the molecule is OC/C=C/[C@@H](OCc1ccccc1)[C@H](O)COCc1ccccc1. The molecule has 2 N–H and O–H groups in total. The molecule has 0 fully saturated rings. The van der Waals surface area contributed by atoms with Gasteiger partial charge in [0.2, 0.25) is 0 Å². The summed E-state index contributed by atoms with van der Waals surface area (Å²) in [5, 5.41) is 19.3. The summed E-state index contributed by atoms with van der Waals surface area (Å²) in [6.45, 7) is 0.886. The second-order valence-electron chi connectivity index (χ2n) is 5.44. The molecule has 2 atom stereocenters. The molecular weight excluding hydrogens is 304 g/mol. The Hall–Kier alpha value is -1.98. The maximum atomic E-state index is 10.3. The Balaban J connectivity index is 1.82. The van der Waals surface area contributed by atoms with Crippen molar-refractivity contribution in [2.75, 3.05) is 13.2 Å². The Morgan fingerprint density at radius 3 is 2.04 bits per heavy atom. The van der Waals surface area contributed by atoms with Gasteiger partial charge < -0.3 is 19.7 Å². The first-order valence-electron chi connectivity index (χ1n) is 8.02. The van der Waals surface area contributed by atoms with Crippen molar-refractivity contribution in [1.82, 2.24) is 0 Å². The third kappa shape index (κ3) is 6.64. The zero-order valence-corrected chi connectivity index (χ0v) is 13.6. The number of hydrogen-bond donors (Lipinski definition) is 2. The molecule has 0 aliphatic rings. The maximum Gasteiger partial charge on any atom is 0.107 e. The highest BCUT2D eigenvalue weighted by atomic mass is 16.5. The summed E-state index contributed by atoms with van der Waals surface area (Å²) in [4.78, 5) is 0. The van der Waals surface area contributed by atoms with Gasteiger partial charge in [0.1, 0.15) is 12.2 Å². The van der Waals surface area contributed by atoms with E-state index < -0.39 is 12.2 Å². The fraction of sp³-hybridized carbons (Fsp3) is 0.300. The molecule has 2 aromatic carbocycles. The lowest BCUT2D eigenvalue weighted by Gasteiger charge is -2.21. The molecule has 0 heterocycles. The van der Waals surface area contributed by atoms with Crippen LogP contribution in [0.3, 0.4) is 0 Å². The van der Waals surface area contributed by atoms with Gasteiger partial charge in [-0.1, -0.05) is 72.8 Å². The number of ether oxygens (including phenoxy) is 2. The van der Waals surface area contributed by atoms with Crippen molar-refractivity contribution >= 4 is 0 Å². The van der Waals surface area contributed by atoms with E-state index in [-0.39, 0.29) is 13.2 Å². The van der Waals surface area contributed by atoms with E-state index >= 15 is 0 Å². The minimum absolute atomic E-state index is 0.0945. The van der Waals surface area contributed by atoms with Crippen molar-refractivity contribution < 1.29 is 19.7 Å². The smallest absolute Gasteiger partial charge is 0.107 e. The minimum Gasteiger partial charge on any atom is -0.392 e. The summed E-state index contributed by atoms with van der Waals surface area (Å²) in [6, 6.07) is 19.5. The van der Waals surface area contributed by atoms with Crippen LogP contribution in [0.4, 0.5) is 0 Å². The van der Waals surface area contributed by atoms with Gasteiger partial charge >= 0.3 is 0 Å². The van der Waals surface area contributed by atoms with Crippen LogP contribution in [0.2, 0.25) is 0 Å². The highest BCUT2D eigenvalue weighted by Gasteiger charge is 2.17. The first-order chi connectivity index (χ1) is 11.8. The van der Waals surface area contributed by atoms with Gasteiger partial charge in [0, 0.05) is 0 Å². The van der Waals surface area contributed by atoms with Gasteiger partial charge in [-0.25, -0.2) is 0 Å². The predicted octanol–water partition coefficient (Wildman–Crippen LogP) is 2.70. The lowest BCUT2D eigenvalue weighted by molar-refractivity contribution is -0.0603. The summed E-state index contributed by atoms with van der Waals surface area (Å²) in [6.07, 6.45) is 1.89. The van der Waals surface area contributed by atoms with Gasteiger partial charge in [-0.15, -0.1) is 0 Å². The van der Waals surface area contributed by atoms with Gasteiger partial charge in [-0.05, 0) is 11.1 Å². The standard InChI is InChI=1S/C20H24O4/c21-13-7-12-20(24-15-18-10-5-2-6-11-18)19(22)16-23-14-17-8-3-1-4-9-17/h1-12,19-22H,13-16H2/b12-7+/t19-,20-/m1/s1. The van der Waals surface area contributed by atoms with Crippen molar-refractivity contribution in [3.05, 3.63) is 83.9 Å². The first kappa shape index (κ1) is 18.4. The normalized spacial score (nSPS) is 13.9. The Morgan fingerprint density at radius 2 is 1.46 bits per heavy atom. The average molecular weight is 328 g/mol. The first-order valence-corrected chi connectivity index (χ1v) is 8.02. The second kappa shape index (κ2) is 10.7. The summed E-state index contributed by atoms with van der Waals surface area (Å²) in [5.74, 6) is 0. The fourth-order valence-corrected chi connectivity index (χ4v) is 2.22. The van der Waals surface area contributed by atoms with E-state index in [2.05, 4.69) is 0 Å². The zero-order valence-electron chi connectivity index (χ0n) is 13.6. The summed E-state index contributed by atoms with van der Waals surface area (Å²) in [7, 11) is 0. The monoisotopic (exact) mass is 328 g/mol. The minimum atomic E-state index is -0.805. The van der Waals surface area contributed by atoms with Gasteiger partial charge in [0.15, 0.2) is 0 Å². The molecule has 0 aromatic heterocycles. The van der Waals surface area contributed by atoms with Crippen molar-refractivity contribution in [3.8, 4) is 0 Å². The van der Waals surface area contributed by atoms with Crippen LogP contribution in [0.25, 0.3) is 0 Å². The molecule has 0 unspecified atom stereocenters. The van der Waals surface area contributed by atoms with Crippen LogP contribution in [-0.4, -0.2) is 35.6 Å². The maximum absolute atomic E-state index is 10.3. The molecule has 24 heavy (non-hydrogen) atoms. The predicted molar refractivity (Wildman–Crippen MR) is 93.3 cm³/mol. The van der Waals surface area contributed by atoms with Gasteiger partial charge in [0.05, 0.1) is 26.4 Å².